The first-order valence-corrected chi connectivity index (χ1v) is 7.91. The highest BCUT2D eigenvalue weighted by atomic mass is 16.5. The summed E-state index contributed by atoms with van der Waals surface area (Å²) in [7, 11) is 3.49. The molecule has 0 aliphatic carbocycles. The summed E-state index contributed by atoms with van der Waals surface area (Å²) in [6.07, 6.45) is 3.40. The molecule has 0 aromatic carbocycles. The zero-order valence-corrected chi connectivity index (χ0v) is 14.2. The smallest absolute Gasteiger partial charge is 0.104 e. The van der Waals surface area contributed by atoms with Crippen LogP contribution in [0.1, 0.15) is 40.0 Å². The van der Waals surface area contributed by atoms with Crippen LogP contribution < -0.4 is 5.32 Å². The standard InChI is InChI=1S/C16H31N3O2/c1-13(2)18-16(3,12-17)8-6-7-9-19-10-14(20-4)15(11-19)21-5/h13-15,18H,6-11H2,1-5H3. The van der Waals surface area contributed by atoms with Crippen molar-refractivity contribution in [3.63, 3.8) is 0 Å². The Hall–Kier alpha value is -0.670. The number of nitrogens with one attached hydrogen (secondary N) is 1. The summed E-state index contributed by atoms with van der Waals surface area (Å²) >= 11 is 0. The zero-order chi connectivity index (χ0) is 15.9. The topological polar surface area (TPSA) is 57.5 Å². The SMILES string of the molecule is COC1CN(CCCCC(C)(C#N)NC(C)C)CC1OC. The third-order valence-electron chi connectivity index (χ3n) is 4.15. The summed E-state index contributed by atoms with van der Waals surface area (Å²) in [5.74, 6) is 0. The van der Waals surface area contributed by atoms with E-state index >= 15 is 0 Å². The van der Waals surface area contributed by atoms with Crippen molar-refractivity contribution in [2.45, 2.75) is 63.8 Å². The number of likely N-dealkylation sites (tertiary alicyclic amines) is 1. The fraction of sp³-hybridized carbons (Fsp3) is 0.938. The maximum atomic E-state index is 9.32. The number of methoxy groups -OCH3 is 2. The van der Waals surface area contributed by atoms with Crippen molar-refractivity contribution in [1.82, 2.24) is 10.2 Å². The van der Waals surface area contributed by atoms with Gasteiger partial charge in [0.15, 0.2) is 0 Å². The van der Waals surface area contributed by atoms with Crippen molar-refractivity contribution in [3.8, 4) is 6.07 Å². The number of hydrogen-bond acceptors (Lipinski definition) is 5. The predicted octanol–water partition coefficient (Wildman–Crippen LogP) is 1.78. The first kappa shape index (κ1) is 18.4. The minimum Gasteiger partial charge on any atom is -0.377 e. The van der Waals surface area contributed by atoms with E-state index in [0.717, 1.165) is 38.9 Å². The number of ether oxygens (including phenoxy) is 2. The quantitative estimate of drug-likeness (QED) is 0.658. The van der Waals surface area contributed by atoms with Gasteiger partial charge in [0.05, 0.1) is 18.3 Å². The molecule has 21 heavy (non-hydrogen) atoms. The summed E-state index contributed by atoms with van der Waals surface area (Å²) in [5.41, 5.74) is -0.413. The van der Waals surface area contributed by atoms with Gasteiger partial charge in [-0.1, -0.05) is 0 Å². The van der Waals surface area contributed by atoms with E-state index in [1.807, 2.05) is 6.92 Å². The predicted molar refractivity (Wildman–Crippen MR) is 84.2 cm³/mol. The summed E-state index contributed by atoms with van der Waals surface area (Å²) in [4.78, 5) is 2.39. The second-order valence-electron chi connectivity index (χ2n) is 6.51. The monoisotopic (exact) mass is 297 g/mol. The molecule has 122 valence electrons. The van der Waals surface area contributed by atoms with E-state index < -0.39 is 5.54 Å². The number of hydrogen-bond donors (Lipinski definition) is 1. The Bertz CT molecular complexity index is 331. The van der Waals surface area contributed by atoms with Gasteiger partial charge in [-0.05, 0) is 46.6 Å². The Balaban J connectivity index is 2.27. The maximum absolute atomic E-state index is 9.32. The summed E-state index contributed by atoms with van der Waals surface area (Å²) in [5, 5.41) is 12.7. The number of nitrogens with zero attached hydrogens (tertiary/aromatic N) is 2. The molecule has 0 bridgehead atoms. The maximum Gasteiger partial charge on any atom is 0.104 e. The van der Waals surface area contributed by atoms with E-state index in [1.54, 1.807) is 14.2 Å². The lowest BCUT2D eigenvalue weighted by molar-refractivity contribution is -0.00461. The van der Waals surface area contributed by atoms with Gasteiger partial charge in [0.25, 0.3) is 0 Å². The van der Waals surface area contributed by atoms with E-state index in [9.17, 15) is 5.26 Å². The highest BCUT2D eigenvalue weighted by molar-refractivity contribution is 5.04. The first-order valence-electron chi connectivity index (χ1n) is 7.91. The van der Waals surface area contributed by atoms with Crippen LogP contribution in [0.25, 0.3) is 0 Å². The molecule has 0 saturated carbocycles. The average Bonchev–Trinajstić information content (AvgIpc) is 2.85. The van der Waals surface area contributed by atoms with Gasteiger partial charge < -0.3 is 9.47 Å². The molecule has 3 atom stereocenters. The summed E-state index contributed by atoms with van der Waals surface area (Å²) in [6, 6.07) is 2.74. The van der Waals surface area contributed by atoms with Crippen molar-refractivity contribution < 1.29 is 9.47 Å². The third kappa shape index (κ3) is 5.91. The first-order chi connectivity index (χ1) is 9.94. The van der Waals surface area contributed by atoms with E-state index in [1.165, 1.54) is 0 Å². The van der Waals surface area contributed by atoms with Crippen LogP contribution >= 0.6 is 0 Å². The normalized spacial score (nSPS) is 26.0. The molecule has 1 rings (SSSR count). The average molecular weight is 297 g/mol. The molecule has 3 unspecified atom stereocenters. The Kier molecular flexibility index (Phi) is 7.61. The molecule has 0 amide bonds. The van der Waals surface area contributed by atoms with Gasteiger partial charge >= 0.3 is 0 Å². The van der Waals surface area contributed by atoms with Gasteiger partial charge in [-0.15, -0.1) is 0 Å². The summed E-state index contributed by atoms with van der Waals surface area (Å²) < 4.78 is 10.9. The molecule has 5 nitrogen and oxygen atoms in total. The number of nitriles is 1. The Morgan fingerprint density at radius 1 is 1.24 bits per heavy atom. The van der Waals surface area contributed by atoms with E-state index in [-0.39, 0.29) is 12.2 Å². The van der Waals surface area contributed by atoms with Crippen molar-refractivity contribution in [3.05, 3.63) is 0 Å². The molecule has 0 aromatic heterocycles. The van der Waals surface area contributed by atoms with Crippen LogP contribution in [-0.4, -0.2) is 62.5 Å². The van der Waals surface area contributed by atoms with Crippen LogP contribution in [0.5, 0.6) is 0 Å². The lowest BCUT2D eigenvalue weighted by Crippen LogP contribution is -2.44. The van der Waals surface area contributed by atoms with Crippen LogP contribution in [0.15, 0.2) is 0 Å². The van der Waals surface area contributed by atoms with Gasteiger partial charge in [0.1, 0.15) is 5.54 Å². The fourth-order valence-electron chi connectivity index (χ4n) is 3.07. The largest absolute Gasteiger partial charge is 0.377 e. The molecule has 1 aliphatic rings. The molecule has 1 fully saturated rings. The second kappa shape index (κ2) is 8.70. The number of rotatable bonds is 9. The molecular weight excluding hydrogens is 266 g/mol. The highest BCUT2D eigenvalue weighted by Gasteiger charge is 2.32. The van der Waals surface area contributed by atoms with E-state index in [2.05, 4.69) is 30.1 Å². The van der Waals surface area contributed by atoms with Gasteiger partial charge in [-0.2, -0.15) is 5.26 Å². The lowest BCUT2D eigenvalue weighted by atomic mass is 9.95. The number of unbranched alkanes of at least 4 members (excludes halogenated alkanes) is 1. The van der Waals surface area contributed by atoms with Crippen LogP contribution in [0, 0.1) is 11.3 Å². The van der Waals surface area contributed by atoms with Gasteiger partial charge in [-0.25, -0.2) is 0 Å². The van der Waals surface area contributed by atoms with Gasteiger partial charge in [0.2, 0.25) is 0 Å². The van der Waals surface area contributed by atoms with Crippen LogP contribution in [0.3, 0.4) is 0 Å². The third-order valence-corrected chi connectivity index (χ3v) is 4.15. The minimum atomic E-state index is -0.413. The van der Waals surface area contributed by atoms with Crippen LogP contribution in [-0.2, 0) is 9.47 Å². The highest BCUT2D eigenvalue weighted by Crippen LogP contribution is 2.18. The Labute approximate surface area is 129 Å². The molecule has 1 aliphatic heterocycles. The molecule has 0 radical (unpaired) electrons. The van der Waals surface area contributed by atoms with Crippen molar-refractivity contribution in [2.75, 3.05) is 33.9 Å². The molecule has 1 heterocycles. The van der Waals surface area contributed by atoms with E-state index in [4.69, 9.17) is 9.47 Å². The van der Waals surface area contributed by atoms with Crippen LogP contribution in [0.4, 0.5) is 0 Å². The lowest BCUT2D eigenvalue weighted by Gasteiger charge is -2.26. The van der Waals surface area contributed by atoms with Crippen LogP contribution in [0.2, 0.25) is 0 Å². The van der Waals surface area contributed by atoms with Gasteiger partial charge in [0, 0.05) is 33.4 Å². The molecule has 0 aromatic rings. The minimum absolute atomic E-state index is 0.182. The fourth-order valence-corrected chi connectivity index (χ4v) is 3.07. The van der Waals surface area contributed by atoms with Crippen molar-refractivity contribution in [1.29, 1.82) is 5.26 Å². The second-order valence-corrected chi connectivity index (χ2v) is 6.51. The molecule has 0 spiro atoms. The zero-order valence-electron chi connectivity index (χ0n) is 14.2. The van der Waals surface area contributed by atoms with Crippen molar-refractivity contribution in [2.24, 2.45) is 0 Å². The molecule has 1 saturated heterocycles. The van der Waals surface area contributed by atoms with Crippen molar-refractivity contribution >= 4 is 0 Å². The Morgan fingerprint density at radius 2 is 1.81 bits per heavy atom. The molecule has 5 heteroatoms. The molecular formula is C16H31N3O2. The van der Waals surface area contributed by atoms with E-state index in [0.29, 0.717) is 6.04 Å². The Morgan fingerprint density at radius 3 is 2.24 bits per heavy atom. The van der Waals surface area contributed by atoms with Gasteiger partial charge in [-0.3, -0.25) is 10.2 Å². The molecule has 1 N–H and O–H groups in total. The summed E-state index contributed by atoms with van der Waals surface area (Å²) in [6.45, 7) is 9.07.